The molecule has 0 aliphatic heterocycles. The minimum Gasteiger partial charge on any atom is -0.545 e. The zero-order valence-corrected chi connectivity index (χ0v) is 12.7. The van der Waals surface area contributed by atoms with Crippen LogP contribution in [0.5, 0.6) is 0 Å². The number of carboxylic acids is 1. The van der Waals surface area contributed by atoms with Gasteiger partial charge < -0.3 is 20.5 Å². The number of hydrogen-bond acceptors (Lipinski definition) is 4. The number of amides is 2. The molecule has 6 heteroatoms. The van der Waals surface area contributed by atoms with Gasteiger partial charge >= 0.3 is 0 Å². The van der Waals surface area contributed by atoms with Crippen LogP contribution in [0.1, 0.15) is 33.6 Å². The fraction of sp³-hybridized carbons (Fsp3) is 0.167. The first-order valence-corrected chi connectivity index (χ1v) is 7.56. The van der Waals surface area contributed by atoms with E-state index in [0.717, 1.165) is 12.8 Å². The van der Waals surface area contributed by atoms with Crippen molar-refractivity contribution in [3.05, 3.63) is 59.7 Å². The minimum absolute atomic E-state index is 0.00583. The van der Waals surface area contributed by atoms with Gasteiger partial charge in [-0.1, -0.05) is 12.1 Å². The largest absolute Gasteiger partial charge is 0.545 e. The lowest BCUT2D eigenvalue weighted by atomic mass is 10.1. The highest BCUT2D eigenvalue weighted by Crippen LogP contribution is 2.30. The Labute approximate surface area is 138 Å². The number of aromatic carboxylic acids is 1. The topological polar surface area (TPSA) is 98.3 Å². The summed E-state index contributed by atoms with van der Waals surface area (Å²) < 4.78 is 0. The van der Waals surface area contributed by atoms with Crippen LogP contribution in [0, 0.1) is 5.92 Å². The molecule has 0 unspecified atom stereocenters. The van der Waals surface area contributed by atoms with E-state index in [1.54, 1.807) is 30.3 Å². The predicted molar refractivity (Wildman–Crippen MR) is 86.5 cm³/mol. The van der Waals surface area contributed by atoms with Gasteiger partial charge in [0.1, 0.15) is 0 Å². The average Bonchev–Trinajstić information content (AvgIpc) is 3.40. The van der Waals surface area contributed by atoms with Gasteiger partial charge in [0, 0.05) is 22.9 Å². The van der Waals surface area contributed by atoms with Gasteiger partial charge in [0.15, 0.2) is 0 Å². The molecule has 122 valence electrons. The van der Waals surface area contributed by atoms with E-state index in [-0.39, 0.29) is 23.3 Å². The number of anilines is 2. The summed E-state index contributed by atoms with van der Waals surface area (Å²) in [6.07, 6.45) is 1.86. The molecule has 0 radical (unpaired) electrons. The molecule has 6 nitrogen and oxygen atoms in total. The minimum atomic E-state index is -1.30. The molecule has 0 spiro atoms. The molecule has 24 heavy (non-hydrogen) atoms. The molecule has 0 bridgehead atoms. The zero-order chi connectivity index (χ0) is 17.1. The summed E-state index contributed by atoms with van der Waals surface area (Å²) in [7, 11) is 0. The van der Waals surface area contributed by atoms with Gasteiger partial charge in [0.05, 0.1) is 5.97 Å². The lowest BCUT2D eigenvalue weighted by molar-refractivity contribution is -0.255. The zero-order valence-electron chi connectivity index (χ0n) is 12.7. The predicted octanol–water partition coefficient (Wildman–Crippen LogP) is 1.65. The number of nitrogens with one attached hydrogen (secondary N) is 2. The van der Waals surface area contributed by atoms with Crippen LogP contribution in [0.25, 0.3) is 0 Å². The van der Waals surface area contributed by atoms with E-state index in [9.17, 15) is 19.5 Å². The number of benzene rings is 2. The molecule has 1 aliphatic carbocycles. The highest BCUT2D eigenvalue weighted by molar-refractivity contribution is 6.05. The highest BCUT2D eigenvalue weighted by Gasteiger charge is 2.29. The molecular formula is C18H15N2O4-. The number of carbonyl (C=O) groups is 3. The van der Waals surface area contributed by atoms with Crippen molar-refractivity contribution >= 4 is 29.2 Å². The summed E-state index contributed by atoms with van der Waals surface area (Å²) in [6, 6.07) is 12.4. The Morgan fingerprint density at radius 1 is 0.875 bits per heavy atom. The third-order valence-electron chi connectivity index (χ3n) is 3.72. The SMILES string of the molecule is O=C([O-])c1cccc(NC(=O)c2ccc(NC(=O)C3CC3)cc2)c1. The molecule has 1 saturated carbocycles. The lowest BCUT2D eigenvalue weighted by Gasteiger charge is -2.09. The van der Waals surface area contributed by atoms with Crippen LogP contribution in [-0.4, -0.2) is 17.8 Å². The van der Waals surface area contributed by atoms with E-state index in [2.05, 4.69) is 10.6 Å². The summed E-state index contributed by atoms with van der Waals surface area (Å²) in [6.45, 7) is 0. The van der Waals surface area contributed by atoms with Crippen molar-refractivity contribution in [2.45, 2.75) is 12.8 Å². The fourth-order valence-electron chi connectivity index (χ4n) is 2.22. The average molecular weight is 323 g/mol. The fourth-order valence-corrected chi connectivity index (χ4v) is 2.22. The number of carbonyl (C=O) groups excluding carboxylic acids is 3. The van der Waals surface area contributed by atoms with Crippen molar-refractivity contribution in [3.8, 4) is 0 Å². The van der Waals surface area contributed by atoms with E-state index in [1.165, 1.54) is 18.2 Å². The van der Waals surface area contributed by atoms with Crippen LogP contribution in [0.2, 0.25) is 0 Å². The van der Waals surface area contributed by atoms with Crippen molar-refractivity contribution in [1.82, 2.24) is 0 Å². The van der Waals surface area contributed by atoms with Gasteiger partial charge in [-0.3, -0.25) is 9.59 Å². The van der Waals surface area contributed by atoms with Crippen LogP contribution in [0.3, 0.4) is 0 Å². The van der Waals surface area contributed by atoms with E-state index >= 15 is 0 Å². The molecule has 3 rings (SSSR count). The molecule has 0 saturated heterocycles. The van der Waals surface area contributed by atoms with Gasteiger partial charge in [-0.05, 0) is 54.8 Å². The second-order valence-electron chi connectivity index (χ2n) is 5.66. The molecule has 0 aromatic heterocycles. The van der Waals surface area contributed by atoms with Gasteiger partial charge in [-0.2, -0.15) is 0 Å². The monoisotopic (exact) mass is 323 g/mol. The molecule has 1 fully saturated rings. The van der Waals surface area contributed by atoms with Gasteiger partial charge in [0.2, 0.25) is 5.91 Å². The van der Waals surface area contributed by atoms with E-state index in [0.29, 0.717) is 16.9 Å². The Morgan fingerprint density at radius 2 is 1.58 bits per heavy atom. The highest BCUT2D eigenvalue weighted by atomic mass is 16.4. The quantitative estimate of drug-likeness (QED) is 0.874. The summed E-state index contributed by atoms with van der Waals surface area (Å²) >= 11 is 0. The van der Waals surface area contributed by atoms with E-state index in [1.807, 2.05) is 0 Å². The Balaban J connectivity index is 1.65. The van der Waals surface area contributed by atoms with Crippen LogP contribution in [-0.2, 0) is 4.79 Å². The maximum Gasteiger partial charge on any atom is 0.255 e. The Kier molecular flexibility index (Phi) is 4.29. The second kappa shape index (κ2) is 6.54. The standard InChI is InChI=1S/C18H16N2O4/c21-16(11-4-5-11)19-14-8-6-12(7-9-14)17(22)20-15-3-1-2-13(10-15)18(23)24/h1-3,6-11H,4-5H2,(H,19,21)(H,20,22)(H,23,24)/p-1. The number of hydrogen-bond donors (Lipinski definition) is 2. The Bertz CT molecular complexity index is 795. The number of rotatable bonds is 5. The van der Waals surface area contributed by atoms with Crippen LogP contribution in [0.15, 0.2) is 48.5 Å². The van der Waals surface area contributed by atoms with Gasteiger partial charge in [0.25, 0.3) is 5.91 Å². The molecule has 2 amide bonds. The lowest BCUT2D eigenvalue weighted by Crippen LogP contribution is -2.22. The molecule has 2 aromatic carbocycles. The maximum absolute atomic E-state index is 12.2. The van der Waals surface area contributed by atoms with Crippen molar-refractivity contribution in [3.63, 3.8) is 0 Å². The Morgan fingerprint density at radius 3 is 2.21 bits per heavy atom. The van der Waals surface area contributed by atoms with E-state index < -0.39 is 5.97 Å². The van der Waals surface area contributed by atoms with Crippen LogP contribution < -0.4 is 15.7 Å². The second-order valence-corrected chi connectivity index (χ2v) is 5.66. The first-order valence-electron chi connectivity index (χ1n) is 7.56. The third-order valence-corrected chi connectivity index (χ3v) is 3.72. The molecule has 2 aromatic rings. The first kappa shape index (κ1) is 15.7. The summed E-state index contributed by atoms with van der Waals surface area (Å²) in [5, 5.41) is 16.2. The van der Waals surface area contributed by atoms with Gasteiger partial charge in [-0.15, -0.1) is 0 Å². The Hall–Kier alpha value is -3.15. The van der Waals surface area contributed by atoms with Gasteiger partial charge in [-0.25, -0.2) is 0 Å². The maximum atomic E-state index is 12.2. The smallest absolute Gasteiger partial charge is 0.255 e. The molecular weight excluding hydrogens is 308 g/mol. The molecule has 0 heterocycles. The summed E-state index contributed by atoms with van der Waals surface area (Å²) in [4.78, 5) is 34.7. The van der Waals surface area contributed by atoms with Crippen LogP contribution >= 0.6 is 0 Å². The van der Waals surface area contributed by atoms with Crippen molar-refractivity contribution in [2.24, 2.45) is 5.92 Å². The summed E-state index contributed by atoms with van der Waals surface area (Å²) in [5.41, 5.74) is 1.40. The molecule has 0 atom stereocenters. The van der Waals surface area contributed by atoms with Crippen molar-refractivity contribution < 1.29 is 19.5 Å². The normalized spacial score (nSPS) is 13.2. The third kappa shape index (κ3) is 3.78. The molecule has 2 N–H and O–H groups in total. The number of carboxylic acid groups (broad SMARTS) is 1. The summed E-state index contributed by atoms with van der Waals surface area (Å²) in [5.74, 6) is -1.55. The molecule has 1 aliphatic rings. The van der Waals surface area contributed by atoms with E-state index in [4.69, 9.17) is 0 Å². The van der Waals surface area contributed by atoms with Crippen molar-refractivity contribution in [1.29, 1.82) is 0 Å². The first-order chi connectivity index (χ1) is 11.5. The van der Waals surface area contributed by atoms with Crippen LogP contribution in [0.4, 0.5) is 11.4 Å². The van der Waals surface area contributed by atoms with Crippen molar-refractivity contribution in [2.75, 3.05) is 10.6 Å².